The summed E-state index contributed by atoms with van der Waals surface area (Å²) in [5.41, 5.74) is 0. The lowest BCUT2D eigenvalue weighted by Crippen LogP contribution is -2.49. The van der Waals surface area contributed by atoms with Crippen LogP contribution in [0.25, 0.3) is 0 Å². The molecule has 12 heavy (non-hydrogen) atoms. The zero-order chi connectivity index (χ0) is 9.99. The third-order valence-electron chi connectivity index (χ3n) is 2.51. The lowest BCUT2D eigenvalue weighted by atomic mass is 10.1. The van der Waals surface area contributed by atoms with E-state index in [0.717, 1.165) is 6.54 Å². The van der Waals surface area contributed by atoms with Crippen molar-refractivity contribution < 1.29 is 8.42 Å². The smallest absolute Gasteiger partial charge is 0.154 e. The van der Waals surface area contributed by atoms with Gasteiger partial charge in [0.1, 0.15) is 0 Å². The molecular formula is C8H19NO2S. The minimum Gasteiger partial charge on any atom is -0.313 e. The van der Waals surface area contributed by atoms with Crippen molar-refractivity contribution in [2.45, 2.75) is 38.5 Å². The summed E-state index contributed by atoms with van der Waals surface area (Å²) in [5.74, 6) is 0. The number of nitrogens with one attached hydrogen (secondary N) is 1. The molecule has 3 nitrogen and oxygen atoms in total. The summed E-state index contributed by atoms with van der Waals surface area (Å²) in [4.78, 5) is 0. The Bertz CT molecular complexity index is 231. The summed E-state index contributed by atoms with van der Waals surface area (Å²) in [7, 11) is -2.99. The Morgan fingerprint density at radius 3 is 2.08 bits per heavy atom. The van der Waals surface area contributed by atoms with Crippen LogP contribution in [0.3, 0.4) is 0 Å². The third-order valence-corrected chi connectivity index (χ3v) is 4.77. The van der Waals surface area contributed by atoms with Crippen LogP contribution in [-0.2, 0) is 9.84 Å². The number of sulfone groups is 1. The molecule has 0 aliphatic carbocycles. The molecule has 0 fully saturated rings. The number of rotatable bonds is 4. The zero-order valence-electron chi connectivity index (χ0n) is 8.51. The van der Waals surface area contributed by atoms with E-state index in [1.807, 2.05) is 13.8 Å². The molecule has 1 unspecified atom stereocenters. The minimum atomic E-state index is -2.99. The van der Waals surface area contributed by atoms with Crippen molar-refractivity contribution in [3.63, 3.8) is 0 Å². The van der Waals surface area contributed by atoms with Crippen molar-refractivity contribution in [3.8, 4) is 0 Å². The van der Waals surface area contributed by atoms with Gasteiger partial charge in [0.2, 0.25) is 0 Å². The molecule has 0 aliphatic heterocycles. The van der Waals surface area contributed by atoms with Crippen LogP contribution in [0.1, 0.15) is 27.7 Å². The lowest BCUT2D eigenvalue weighted by molar-refractivity contribution is 0.441. The average Bonchev–Trinajstić information content (AvgIpc) is 1.85. The Hall–Kier alpha value is -0.0900. The topological polar surface area (TPSA) is 46.2 Å². The maximum absolute atomic E-state index is 11.3. The molecule has 0 saturated carbocycles. The van der Waals surface area contributed by atoms with Crippen LogP contribution >= 0.6 is 0 Å². The Kier molecular flexibility index (Phi) is 3.72. The SMILES string of the molecule is CCNC(C)C(C)(C)S(C)(=O)=O. The highest BCUT2D eigenvalue weighted by molar-refractivity contribution is 7.92. The van der Waals surface area contributed by atoms with E-state index in [1.165, 1.54) is 6.26 Å². The Balaban J connectivity index is 4.62. The third kappa shape index (κ3) is 2.45. The second-order valence-electron chi connectivity index (χ2n) is 3.65. The van der Waals surface area contributed by atoms with Crippen molar-refractivity contribution >= 4 is 9.84 Å². The summed E-state index contributed by atoms with van der Waals surface area (Å²) < 4.78 is 22.0. The molecule has 0 rings (SSSR count). The first-order valence-corrected chi connectivity index (χ1v) is 6.05. The van der Waals surface area contributed by atoms with Gasteiger partial charge in [0, 0.05) is 12.3 Å². The quantitative estimate of drug-likeness (QED) is 0.718. The lowest BCUT2D eigenvalue weighted by Gasteiger charge is -2.30. The van der Waals surface area contributed by atoms with Gasteiger partial charge in [-0.15, -0.1) is 0 Å². The maximum Gasteiger partial charge on any atom is 0.154 e. The molecule has 1 atom stereocenters. The van der Waals surface area contributed by atoms with Gasteiger partial charge in [-0.25, -0.2) is 8.42 Å². The van der Waals surface area contributed by atoms with Gasteiger partial charge in [0.15, 0.2) is 9.84 Å². The van der Waals surface area contributed by atoms with Crippen molar-refractivity contribution in [2.75, 3.05) is 12.8 Å². The highest BCUT2D eigenvalue weighted by Crippen LogP contribution is 2.19. The predicted octanol–water partition coefficient (Wildman–Crippen LogP) is 0.808. The molecule has 0 radical (unpaired) electrons. The van der Waals surface area contributed by atoms with Crippen molar-refractivity contribution in [1.82, 2.24) is 5.32 Å². The van der Waals surface area contributed by atoms with Gasteiger partial charge in [-0.3, -0.25) is 0 Å². The monoisotopic (exact) mass is 193 g/mol. The van der Waals surface area contributed by atoms with E-state index in [1.54, 1.807) is 13.8 Å². The Morgan fingerprint density at radius 2 is 1.83 bits per heavy atom. The largest absolute Gasteiger partial charge is 0.313 e. The van der Waals surface area contributed by atoms with Gasteiger partial charge in [0.05, 0.1) is 4.75 Å². The van der Waals surface area contributed by atoms with E-state index in [0.29, 0.717) is 0 Å². The summed E-state index contributed by atoms with van der Waals surface area (Å²) in [6, 6.07) is -0.0162. The van der Waals surface area contributed by atoms with Gasteiger partial charge in [-0.05, 0) is 27.3 Å². The highest BCUT2D eigenvalue weighted by Gasteiger charge is 2.35. The molecule has 0 amide bonds. The fourth-order valence-corrected chi connectivity index (χ4v) is 1.60. The van der Waals surface area contributed by atoms with Gasteiger partial charge < -0.3 is 5.32 Å². The first-order chi connectivity index (χ1) is 5.23. The van der Waals surface area contributed by atoms with Crippen LogP contribution in [0.4, 0.5) is 0 Å². The van der Waals surface area contributed by atoms with Gasteiger partial charge >= 0.3 is 0 Å². The molecule has 0 aliphatic rings. The Morgan fingerprint density at radius 1 is 1.42 bits per heavy atom. The van der Waals surface area contributed by atoms with Crippen molar-refractivity contribution in [1.29, 1.82) is 0 Å². The standard InChI is InChI=1S/C8H19NO2S/c1-6-9-7(2)8(3,4)12(5,10)11/h7,9H,6H2,1-5H3. The van der Waals surface area contributed by atoms with E-state index in [2.05, 4.69) is 5.32 Å². The molecular weight excluding hydrogens is 174 g/mol. The van der Waals surface area contributed by atoms with E-state index < -0.39 is 14.6 Å². The fourth-order valence-electron chi connectivity index (χ4n) is 0.873. The van der Waals surface area contributed by atoms with E-state index in [9.17, 15) is 8.42 Å². The molecule has 0 saturated heterocycles. The molecule has 0 spiro atoms. The normalized spacial score (nSPS) is 16.1. The number of hydrogen-bond acceptors (Lipinski definition) is 3. The van der Waals surface area contributed by atoms with E-state index >= 15 is 0 Å². The minimum absolute atomic E-state index is 0.0162. The van der Waals surface area contributed by atoms with Crippen LogP contribution in [-0.4, -0.2) is 32.0 Å². The summed E-state index contributed by atoms with van der Waals surface area (Å²) in [5, 5.41) is 3.11. The molecule has 0 aromatic carbocycles. The van der Waals surface area contributed by atoms with Crippen LogP contribution in [0.5, 0.6) is 0 Å². The molecule has 0 aromatic heterocycles. The van der Waals surface area contributed by atoms with Crippen LogP contribution in [0.15, 0.2) is 0 Å². The molecule has 0 aromatic rings. The molecule has 0 bridgehead atoms. The second-order valence-corrected chi connectivity index (χ2v) is 6.25. The van der Waals surface area contributed by atoms with Gasteiger partial charge in [0.25, 0.3) is 0 Å². The van der Waals surface area contributed by atoms with Crippen LogP contribution < -0.4 is 5.32 Å². The summed E-state index contributed by atoms with van der Waals surface area (Å²) in [6.45, 7) is 8.14. The first-order valence-electron chi connectivity index (χ1n) is 4.16. The van der Waals surface area contributed by atoms with E-state index in [-0.39, 0.29) is 6.04 Å². The van der Waals surface area contributed by atoms with Crippen LogP contribution in [0, 0.1) is 0 Å². The predicted molar refractivity (Wildman–Crippen MR) is 52.1 cm³/mol. The molecule has 1 N–H and O–H groups in total. The molecule has 0 heterocycles. The molecule has 74 valence electrons. The Labute approximate surface area is 75.5 Å². The fraction of sp³-hybridized carbons (Fsp3) is 1.00. The summed E-state index contributed by atoms with van der Waals surface area (Å²) >= 11 is 0. The first kappa shape index (κ1) is 11.9. The summed E-state index contributed by atoms with van der Waals surface area (Å²) in [6.07, 6.45) is 1.28. The highest BCUT2D eigenvalue weighted by atomic mass is 32.2. The van der Waals surface area contributed by atoms with E-state index in [4.69, 9.17) is 0 Å². The van der Waals surface area contributed by atoms with Crippen molar-refractivity contribution in [3.05, 3.63) is 0 Å². The zero-order valence-corrected chi connectivity index (χ0v) is 9.33. The maximum atomic E-state index is 11.3. The average molecular weight is 193 g/mol. The van der Waals surface area contributed by atoms with Crippen molar-refractivity contribution in [2.24, 2.45) is 0 Å². The second kappa shape index (κ2) is 3.75. The van der Waals surface area contributed by atoms with Gasteiger partial charge in [-0.1, -0.05) is 6.92 Å². The molecule has 4 heteroatoms. The van der Waals surface area contributed by atoms with Crippen LogP contribution in [0.2, 0.25) is 0 Å². The van der Waals surface area contributed by atoms with Gasteiger partial charge in [-0.2, -0.15) is 0 Å². The number of hydrogen-bond donors (Lipinski definition) is 1.